The smallest absolute Gasteiger partial charge is 0.315 e. The van der Waals surface area contributed by atoms with Crippen LogP contribution in [0.3, 0.4) is 0 Å². The summed E-state index contributed by atoms with van der Waals surface area (Å²) in [6.07, 6.45) is 0. The molecule has 7 heteroatoms. The monoisotopic (exact) mass is 386 g/mol. The van der Waals surface area contributed by atoms with Crippen LogP contribution < -0.4 is 29.6 Å². The molecule has 0 fully saturated rings. The number of urea groups is 1. The summed E-state index contributed by atoms with van der Waals surface area (Å²) >= 11 is 0. The van der Waals surface area contributed by atoms with Crippen molar-refractivity contribution in [1.82, 2.24) is 10.6 Å². The third-order valence-corrected chi connectivity index (χ3v) is 4.67. The lowest BCUT2D eigenvalue weighted by molar-refractivity contribution is 0.171. The number of hydrogen-bond acceptors (Lipinski definition) is 5. The van der Waals surface area contributed by atoms with Crippen LogP contribution in [0.4, 0.5) is 4.79 Å². The maximum Gasteiger partial charge on any atom is 0.315 e. The standard InChI is InChI=1S/C21H26N2O5/c1-13(15-5-8-18-20(11-15)28-10-9-27-18)22-21(24)23-14(2)17-7-6-16(25-3)12-19(17)26-4/h5-8,11-14H,9-10H2,1-4H3,(H2,22,23,24). The molecule has 0 radical (unpaired) electrons. The second-order valence-corrected chi connectivity index (χ2v) is 6.57. The summed E-state index contributed by atoms with van der Waals surface area (Å²) in [6.45, 7) is 4.90. The maximum atomic E-state index is 12.5. The highest BCUT2D eigenvalue weighted by Crippen LogP contribution is 2.33. The number of hydrogen-bond donors (Lipinski definition) is 2. The zero-order valence-electron chi connectivity index (χ0n) is 16.6. The molecule has 0 aliphatic carbocycles. The van der Waals surface area contributed by atoms with E-state index in [1.54, 1.807) is 20.3 Å². The van der Waals surface area contributed by atoms with Crippen molar-refractivity contribution in [3.8, 4) is 23.0 Å². The summed E-state index contributed by atoms with van der Waals surface area (Å²) in [6, 6.07) is 10.5. The van der Waals surface area contributed by atoms with Gasteiger partial charge in [0.25, 0.3) is 0 Å². The Balaban J connectivity index is 1.63. The van der Waals surface area contributed by atoms with Gasteiger partial charge in [-0.3, -0.25) is 0 Å². The molecule has 7 nitrogen and oxygen atoms in total. The van der Waals surface area contributed by atoms with E-state index in [0.29, 0.717) is 30.5 Å². The van der Waals surface area contributed by atoms with Crippen LogP contribution in [0.1, 0.15) is 37.1 Å². The van der Waals surface area contributed by atoms with Gasteiger partial charge in [-0.25, -0.2) is 4.79 Å². The van der Waals surface area contributed by atoms with Gasteiger partial charge in [-0.05, 0) is 43.7 Å². The molecule has 2 aromatic carbocycles. The van der Waals surface area contributed by atoms with E-state index in [0.717, 1.165) is 16.9 Å². The van der Waals surface area contributed by atoms with Crippen LogP contribution in [0.2, 0.25) is 0 Å². The molecule has 1 aliphatic heterocycles. The number of amides is 2. The molecular weight excluding hydrogens is 360 g/mol. The Morgan fingerprint density at radius 1 is 0.929 bits per heavy atom. The predicted octanol–water partition coefficient (Wildman–Crippen LogP) is 3.60. The van der Waals surface area contributed by atoms with Crippen molar-refractivity contribution in [1.29, 1.82) is 0 Å². The fraction of sp³-hybridized carbons (Fsp3) is 0.381. The number of carbonyl (C=O) groups excluding carboxylic acids is 1. The normalized spacial score (nSPS) is 14.6. The summed E-state index contributed by atoms with van der Waals surface area (Å²) < 4.78 is 21.8. The largest absolute Gasteiger partial charge is 0.497 e. The highest BCUT2D eigenvalue weighted by atomic mass is 16.6. The van der Waals surface area contributed by atoms with Crippen molar-refractivity contribution in [3.05, 3.63) is 47.5 Å². The van der Waals surface area contributed by atoms with Crippen molar-refractivity contribution in [2.45, 2.75) is 25.9 Å². The summed E-state index contributed by atoms with van der Waals surface area (Å²) in [5, 5.41) is 5.90. The van der Waals surface area contributed by atoms with E-state index in [1.807, 2.05) is 44.2 Å². The quantitative estimate of drug-likeness (QED) is 0.793. The van der Waals surface area contributed by atoms with Gasteiger partial charge in [0, 0.05) is 11.6 Å². The Kier molecular flexibility index (Phi) is 6.13. The Morgan fingerprint density at radius 2 is 1.64 bits per heavy atom. The minimum atomic E-state index is -0.271. The summed E-state index contributed by atoms with van der Waals surface area (Å²) in [5.41, 5.74) is 1.81. The molecule has 0 saturated heterocycles. The molecule has 2 unspecified atom stereocenters. The van der Waals surface area contributed by atoms with Crippen molar-refractivity contribution in [2.75, 3.05) is 27.4 Å². The number of fused-ring (bicyclic) bond motifs is 1. The lowest BCUT2D eigenvalue weighted by Crippen LogP contribution is -2.38. The Hall–Kier alpha value is -3.09. The van der Waals surface area contributed by atoms with Crippen LogP contribution in [0.15, 0.2) is 36.4 Å². The zero-order chi connectivity index (χ0) is 20.1. The number of nitrogens with one attached hydrogen (secondary N) is 2. The van der Waals surface area contributed by atoms with Gasteiger partial charge in [0.2, 0.25) is 0 Å². The lowest BCUT2D eigenvalue weighted by atomic mass is 10.1. The lowest BCUT2D eigenvalue weighted by Gasteiger charge is -2.22. The van der Waals surface area contributed by atoms with Crippen LogP contribution in [0.5, 0.6) is 23.0 Å². The molecule has 28 heavy (non-hydrogen) atoms. The molecule has 0 bridgehead atoms. The number of ether oxygens (including phenoxy) is 4. The summed E-state index contributed by atoms with van der Waals surface area (Å²) in [5.74, 6) is 2.79. The van der Waals surface area contributed by atoms with Crippen molar-refractivity contribution in [2.24, 2.45) is 0 Å². The van der Waals surface area contributed by atoms with Gasteiger partial charge < -0.3 is 29.6 Å². The SMILES string of the molecule is COc1ccc(C(C)NC(=O)NC(C)c2ccc3c(c2)OCCO3)c(OC)c1. The fourth-order valence-corrected chi connectivity index (χ4v) is 3.10. The fourth-order valence-electron chi connectivity index (χ4n) is 3.10. The first-order valence-corrected chi connectivity index (χ1v) is 9.20. The van der Waals surface area contributed by atoms with Crippen LogP contribution in [0.25, 0.3) is 0 Å². The van der Waals surface area contributed by atoms with Gasteiger partial charge >= 0.3 is 6.03 Å². The minimum absolute atomic E-state index is 0.194. The molecule has 2 atom stereocenters. The van der Waals surface area contributed by atoms with Gasteiger partial charge in [-0.1, -0.05) is 6.07 Å². The van der Waals surface area contributed by atoms with Gasteiger partial charge in [-0.2, -0.15) is 0 Å². The van der Waals surface area contributed by atoms with Crippen LogP contribution in [0, 0.1) is 0 Å². The molecule has 0 spiro atoms. The molecule has 0 aromatic heterocycles. The minimum Gasteiger partial charge on any atom is -0.497 e. The third kappa shape index (κ3) is 4.42. The van der Waals surface area contributed by atoms with E-state index in [9.17, 15) is 4.79 Å². The van der Waals surface area contributed by atoms with Crippen molar-refractivity contribution >= 4 is 6.03 Å². The maximum absolute atomic E-state index is 12.5. The van der Waals surface area contributed by atoms with Crippen LogP contribution in [-0.4, -0.2) is 33.5 Å². The molecule has 1 heterocycles. The van der Waals surface area contributed by atoms with Gasteiger partial charge in [-0.15, -0.1) is 0 Å². The van der Waals surface area contributed by atoms with Gasteiger partial charge in [0.15, 0.2) is 11.5 Å². The first-order valence-electron chi connectivity index (χ1n) is 9.20. The molecule has 1 aliphatic rings. The van der Waals surface area contributed by atoms with E-state index in [-0.39, 0.29) is 18.1 Å². The first kappa shape index (κ1) is 19.7. The second kappa shape index (κ2) is 8.73. The number of rotatable bonds is 6. The van der Waals surface area contributed by atoms with E-state index in [4.69, 9.17) is 18.9 Å². The number of carbonyl (C=O) groups is 1. The first-order chi connectivity index (χ1) is 13.5. The highest BCUT2D eigenvalue weighted by molar-refractivity contribution is 5.75. The molecule has 2 aromatic rings. The van der Waals surface area contributed by atoms with Gasteiger partial charge in [0.1, 0.15) is 24.7 Å². The number of methoxy groups -OCH3 is 2. The molecular formula is C21H26N2O5. The van der Waals surface area contributed by atoms with E-state index < -0.39 is 0 Å². The summed E-state index contributed by atoms with van der Waals surface area (Å²) in [7, 11) is 3.19. The molecule has 3 rings (SSSR count). The highest BCUT2D eigenvalue weighted by Gasteiger charge is 2.18. The molecule has 2 N–H and O–H groups in total. The van der Waals surface area contributed by atoms with Crippen molar-refractivity contribution in [3.63, 3.8) is 0 Å². The summed E-state index contributed by atoms with van der Waals surface area (Å²) in [4.78, 5) is 12.5. The molecule has 0 saturated carbocycles. The van der Waals surface area contributed by atoms with E-state index in [2.05, 4.69) is 10.6 Å². The molecule has 150 valence electrons. The predicted molar refractivity (Wildman–Crippen MR) is 105 cm³/mol. The van der Waals surface area contributed by atoms with Crippen LogP contribution in [-0.2, 0) is 0 Å². The number of benzene rings is 2. The van der Waals surface area contributed by atoms with Gasteiger partial charge in [0.05, 0.1) is 26.3 Å². The zero-order valence-corrected chi connectivity index (χ0v) is 16.6. The average molecular weight is 386 g/mol. The Bertz CT molecular complexity index is 840. The van der Waals surface area contributed by atoms with Crippen LogP contribution >= 0.6 is 0 Å². The topological polar surface area (TPSA) is 78.1 Å². The molecule has 2 amide bonds. The average Bonchev–Trinajstić information content (AvgIpc) is 2.72. The van der Waals surface area contributed by atoms with E-state index in [1.165, 1.54) is 0 Å². The van der Waals surface area contributed by atoms with E-state index >= 15 is 0 Å². The second-order valence-electron chi connectivity index (χ2n) is 6.57. The Labute approximate surface area is 164 Å². The van der Waals surface area contributed by atoms with Crippen molar-refractivity contribution < 1.29 is 23.7 Å². The third-order valence-electron chi connectivity index (χ3n) is 4.67. The Morgan fingerprint density at radius 3 is 2.36 bits per heavy atom.